The fourth-order valence-corrected chi connectivity index (χ4v) is 3.12. The second-order valence-corrected chi connectivity index (χ2v) is 7.29. The number of hydrogen-bond donors (Lipinski definition) is 1. The molecule has 5 nitrogen and oxygen atoms in total. The summed E-state index contributed by atoms with van der Waals surface area (Å²) in [6.45, 7) is 0.241. The molecule has 1 N–H and O–H groups in total. The molecule has 0 spiro atoms. The zero-order valence-corrected chi connectivity index (χ0v) is 17.7. The van der Waals surface area contributed by atoms with Gasteiger partial charge in [0.15, 0.2) is 6.61 Å². The van der Waals surface area contributed by atoms with E-state index in [0.717, 1.165) is 15.6 Å². The van der Waals surface area contributed by atoms with Crippen LogP contribution >= 0.6 is 27.5 Å². The molecule has 0 aliphatic carbocycles. The first kappa shape index (κ1) is 20.9. The highest BCUT2D eigenvalue weighted by Crippen LogP contribution is 2.27. The van der Waals surface area contributed by atoms with E-state index in [-0.39, 0.29) is 6.61 Å². The van der Waals surface area contributed by atoms with Gasteiger partial charge in [-0.2, -0.15) is 5.10 Å². The van der Waals surface area contributed by atoms with E-state index in [4.69, 9.17) is 21.1 Å². The van der Waals surface area contributed by atoms with Crippen LogP contribution in [0.25, 0.3) is 0 Å². The molecule has 0 aliphatic rings. The summed E-state index contributed by atoms with van der Waals surface area (Å²) in [4.78, 5) is 11.9. The van der Waals surface area contributed by atoms with Crippen molar-refractivity contribution in [2.24, 2.45) is 5.10 Å². The minimum atomic E-state index is -0.400. The molecule has 148 valence electrons. The van der Waals surface area contributed by atoms with Gasteiger partial charge in [0.1, 0.15) is 18.1 Å². The van der Waals surface area contributed by atoms with Crippen molar-refractivity contribution in [3.05, 3.63) is 93.4 Å². The molecule has 1 amide bonds. The summed E-state index contributed by atoms with van der Waals surface area (Å²) in [5.41, 5.74) is 4.25. The van der Waals surface area contributed by atoms with E-state index in [9.17, 15) is 4.79 Å². The average Bonchev–Trinajstić information content (AvgIpc) is 2.73. The molecule has 0 saturated heterocycles. The number of rotatable bonds is 8. The molecule has 0 radical (unpaired) electrons. The van der Waals surface area contributed by atoms with Gasteiger partial charge >= 0.3 is 0 Å². The SMILES string of the molecule is O=C(COc1ccc(Br)cc1Cl)N/N=C/c1ccccc1OCc1ccccc1. The quantitative estimate of drug-likeness (QED) is 0.361. The number of ether oxygens (including phenoxy) is 2. The maximum Gasteiger partial charge on any atom is 0.277 e. The predicted molar refractivity (Wildman–Crippen MR) is 118 cm³/mol. The topological polar surface area (TPSA) is 59.9 Å². The second kappa shape index (κ2) is 10.6. The van der Waals surface area contributed by atoms with Gasteiger partial charge in [-0.15, -0.1) is 0 Å². The van der Waals surface area contributed by atoms with Crippen LogP contribution < -0.4 is 14.9 Å². The number of para-hydroxylation sites is 1. The van der Waals surface area contributed by atoms with Crippen LogP contribution in [-0.4, -0.2) is 18.7 Å². The van der Waals surface area contributed by atoms with Crippen molar-refractivity contribution >= 4 is 39.7 Å². The number of nitrogens with one attached hydrogen (secondary N) is 1. The number of amides is 1. The van der Waals surface area contributed by atoms with Crippen LogP contribution in [0.15, 0.2) is 82.4 Å². The number of carbonyl (C=O) groups is 1. The van der Waals surface area contributed by atoms with Gasteiger partial charge in [-0.3, -0.25) is 4.79 Å². The molecule has 3 rings (SSSR count). The Bertz CT molecular complexity index is 996. The Morgan fingerprint density at radius 2 is 1.76 bits per heavy atom. The first-order chi connectivity index (χ1) is 14.1. The van der Waals surface area contributed by atoms with E-state index in [1.165, 1.54) is 6.21 Å². The highest BCUT2D eigenvalue weighted by molar-refractivity contribution is 9.10. The zero-order valence-electron chi connectivity index (χ0n) is 15.3. The predicted octanol–water partition coefficient (Wildman–Crippen LogP) is 5.21. The van der Waals surface area contributed by atoms with Gasteiger partial charge in [0, 0.05) is 10.0 Å². The maximum absolute atomic E-state index is 11.9. The summed E-state index contributed by atoms with van der Waals surface area (Å²) < 4.78 is 12.1. The lowest BCUT2D eigenvalue weighted by Crippen LogP contribution is -2.24. The molecule has 0 atom stereocenters. The van der Waals surface area contributed by atoms with Crippen LogP contribution in [0.3, 0.4) is 0 Å². The van der Waals surface area contributed by atoms with Crippen molar-refractivity contribution in [3.8, 4) is 11.5 Å². The lowest BCUT2D eigenvalue weighted by molar-refractivity contribution is -0.123. The van der Waals surface area contributed by atoms with Crippen LogP contribution in [0.2, 0.25) is 5.02 Å². The Morgan fingerprint density at radius 3 is 2.55 bits per heavy atom. The summed E-state index contributed by atoms with van der Waals surface area (Å²) in [6.07, 6.45) is 1.53. The number of nitrogens with zero attached hydrogens (tertiary/aromatic N) is 1. The summed E-state index contributed by atoms with van der Waals surface area (Å²) in [6, 6.07) is 22.5. The average molecular weight is 474 g/mol. The van der Waals surface area contributed by atoms with Crippen molar-refractivity contribution in [3.63, 3.8) is 0 Å². The van der Waals surface area contributed by atoms with Crippen molar-refractivity contribution in [2.45, 2.75) is 6.61 Å². The molecular weight excluding hydrogens is 456 g/mol. The third-order valence-corrected chi connectivity index (χ3v) is 4.59. The summed E-state index contributed by atoms with van der Waals surface area (Å²) >= 11 is 9.37. The monoisotopic (exact) mass is 472 g/mol. The lowest BCUT2D eigenvalue weighted by atomic mass is 10.2. The van der Waals surface area contributed by atoms with Gasteiger partial charge in [-0.1, -0.05) is 70.0 Å². The second-order valence-electron chi connectivity index (χ2n) is 5.97. The molecule has 3 aromatic rings. The smallest absolute Gasteiger partial charge is 0.277 e. The Kier molecular flexibility index (Phi) is 7.67. The molecule has 3 aromatic carbocycles. The van der Waals surface area contributed by atoms with Gasteiger partial charge in [-0.25, -0.2) is 5.43 Å². The number of benzene rings is 3. The standard InChI is InChI=1S/C22H18BrClN2O3/c23-18-10-11-21(19(24)12-18)29-15-22(27)26-25-13-17-8-4-5-9-20(17)28-14-16-6-2-1-3-7-16/h1-13H,14-15H2,(H,26,27)/b25-13+. The third kappa shape index (κ3) is 6.62. The van der Waals surface area contributed by atoms with Gasteiger partial charge in [0.2, 0.25) is 0 Å². The Balaban J connectivity index is 1.52. The van der Waals surface area contributed by atoms with Gasteiger partial charge < -0.3 is 9.47 Å². The molecule has 7 heteroatoms. The zero-order chi connectivity index (χ0) is 20.5. The lowest BCUT2D eigenvalue weighted by Gasteiger charge is -2.09. The first-order valence-corrected chi connectivity index (χ1v) is 9.94. The van der Waals surface area contributed by atoms with E-state index in [1.807, 2.05) is 54.6 Å². The highest BCUT2D eigenvalue weighted by atomic mass is 79.9. The molecule has 29 heavy (non-hydrogen) atoms. The Morgan fingerprint density at radius 1 is 1.00 bits per heavy atom. The van der Waals surface area contributed by atoms with Crippen molar-refractivity contribution in [1.82, 2.24) is 5.43 Å². The summed E-state index contributed by atoms with van der Waals surface area (Å²) in [5, 5.41) is 4.40. The van der Waals surface area contributed by atoms with Gasteiger partial charge in [0.05, 0.1) is 11.2 Å². The van der Waals surface area contributed by atoms with Crippen molar-refractivity contribution < 1.29 is 14.3 Å². The fraction of sp³-hybridized carbons (Fsp3) is 0.0909. The Labute approximate surface area is 182 Å². The maximum atomic E-state index is 11.9. The van der Waals surface area contributed by atoms with Gasteiger partial charge in [0.25, 0.3) is 5.91 Å². The molecule has 0 aliphatic heterocycles. The molecular formula is C22H18BrClN2O3. The van der Waals surface area contributed by atoms with Crippen molar-refractivity contribution in [2.75, 3.05) is 6.61 Å². The third-order valence-electron chi connectivity index (χ3n) is 3.80. The van der Waals surface area contributed by atoms with Crippen LogP contribution in [-0.2, 0) is 11.4 Å². The summed E-state index contributed by atoms with van der Waals surface area (Å²) in [7, 11) is 0. The van der Waals surface area contributed by atoms with Crippen LogP contribution in [0.5, 0.6) is 11.5 Å². The minimum absolute atomic E-state index is 0.204. The fourth-order valence-electron chi connectivity index (χ4n) is 2.40. The number of carbonyl (C=O) groups excluding carboxylic acids is 1. The molecule has 0 fully saturated rings. The molecule has 0 saturated carbocycles. The summed E-state index contributed by atoms with van der Waals surface area (Å²) in [5.74, 6) is 0.698. The minimum Gasteiger partial charge on any atom is -0.488 e. The van der Waals surface area contributed by atoms with E-state index in [1.54, 1.807) is 18.2 Å². The van der Waals surface area contributed by atoms with E-state index in [0.29, 0.717) is 23.1 Å². The molecule has 0 bridgehead atoms. The van der Waals surface area contributed by atoms with Crippen LogP contribution in [0, 0.1) is 0 Å². The van der Waals surface area contributed by atoms with Crippen LogP contribution in [0.1, 0.15) is 11.1 Å². The van der Waals surface area contributed by atoms with Gasteiger partial charge in [-0.05, 0) is 35.9 Å². The van der Waals surface area contributed by atoms with E-state index in [2.05, 4.69) is 26.5 Å². The Hall–Kier alpha value is -2.83. The van der Waals surface area contributed by atoms with E-state index >= 15 is 0 Å². The first-order valence-electron chi connectivity index (χ1n) is 8.77. The normalized spacial score (nSPS) is 10.7. The molecule has 0 aromatic heterocycles. The van der Waals surface area contributed by atoms with E-state index < -0.39 is 5.91 Å². The highest BCUT2D eigenvalue weighted by Gasteiger charge is 2.06. The van der Waals surface area contributed by atoms with Crippen molar-refractivity contribution in [1.29, 1.82) is 0 Å². The van der Waals surface area contributed by atoms with Crippen LogP contribution in [0.4, 0.5) is 0 Å². The number of hydrazone groups is 1. The molecule has 0 unspecified atom stereocenters. The molecule has 0 heterocycles. The number of halogens is 2. The number of hydrogen-bond acceptors (Lipinski definition) is 4. The largest absolute Gasteiger partial charge is 0.488 e.